The van der Waals surface area contributed by atoms with Crippen molar-refractivity contribution in [3.8, 4) is 17.2 Å². The topological polar surface area (TPSA) is 69.2 Å². The molecule has 0 fully saturated rings. The molecule has 0 aromatic heterocycles. The molecule has 3 rings (SSSR count). The molecule has 0 atom stereocenters. The number of ether oxygens (including phenoxy) is 3. The summed E-state index contributed by atoms with van der Waals surface area (Å²) >= 11 is 15.6. The quantitative estimate of drug-likeness (QED) is 0.214. The Bertz CT molecular complexity index is 1190. The van der Waals surface area contributed by atoms with Gasteiger partial charge >= 0.3 is 0 Å². The zero-order chi connectivity index (χ0) is 24.5. The molecule has 6 nitrogen and oxygen atoms in total. The zero-order valence-corrected chi connectivity index (χ0v) is 21.7. The van der Waals surface area contributed by atoms with Gasteiger partial charge in [0.05, 0.1) is 19.4 Å². The number of rotatable bonds is 10. The van der Waals surface area contributed by atoms with Crippen molar-refractivity contribution in [2.75, 3.05) is 13.2 Å². The molecule has 9 heteroatoms. The summed E-state index contributed by atoms with van der Waals surface area (Å²) in [5.41, 5.74) is 4.39. The van der Waals surface area contributed by atoms with Crippen LogP contribution in [0.25, 0.3) is 0 Å². The maximum absolute atomic E-state index is 12.6. The van der Waals surface area contributed by atoms with Crippen LogP contribution in [0.1, 0.15) is 35.3 Å². The van der Waals surface area contributed by atoms with Gasteiger partial charge < -0.3 is 14.2 Å². The number of nitrogens with one attached hydrogen (secondary N) is 1. The predicted octanol–water partition coefficient (Wildman–Crippen LogP) is 6.90. The Morgan fingerprint density at radius 1 is 0.941 bits per heavy atom. The van der Waals surface area contributed by atoms with E-state index in [-0.39, 0.29) is 12.5 Å². The number of amides is 1. The van der Waals surface area contributed by atoms with E-state index in [0.717, 1.165) is 10.0 Å². The summed E-state index contributed by atoms with van der Waals surface area (Å²) in [5.74, 6) is 1.28. The third-order valence-electron chi connectivity index (χ3n) is 4.55. The minimum absolute atomic E-state index is 0.247. The molecule has 0 unspecified atom stereocenters. The molecule has 1 amide bonds. The van der Waals surface area contributed by atoms with Gasteiger partial charge in [0.25, 0.3) is 5.91 Å². The fourth-order valence-corrected chi connectivity index (χ4v) is 3.81. The van der Waals surface area contributed by atoms with E-state index in [1.54, 1.807) is 36.4 Å². The van der Waals surface area contributed by atoms with Crippen LogP contribution in [0.3, 0.4) is 0 Å². The van der Waals surface area contributed by atoms with Gasteiger partial charge in [0.1, 0.15) is 12.4 Å². The van der Waals surface area contributed by atoms with E-state index >= 15 is 0 Å². The van der Waals surface area contributed by atoms with E-state index in [0.29, 0.717) is 51.6 Å². The van der Waals surface area contributed by atoms with Gasteiger partial charge in [0.15, 0.2) is 11.5 Å². The Morgan fingerprint density at radius 2 is 1.68 bits per heavy atom. The van der Waals surface area contributed by atoms with Crippen LogP contribution in [0.4, 0.5) is 0 Å². The lowest BCUT2D eigenvalue weighted by molar-refractivity contribution is 0.0954. The molecular formula is C25H23BrCl2N2O4. The molecule has 1 N–H and O–H groups in total. The molecule has 0 heterocycles. The molecule has 0 radical (unpaired) electrons. The van der Waals surface area contributed by atoms with Gasteiger partial charge in [-0.25, -0.2) is 5.43 Å². The second kappa shape index (κ2) is 12.6. The van der Waals surface area contributed by atoms with Crippen molar-refractivity contribution in [3.05, 3.63) is 85.8 Å². The van der Waals surface area contributed by atoms with E-state index in [4.69, 9.17) is 37.4 Å². The zero-order valence-electron chi connectivity index (χ0n) is 18.6. The molecular weight excluding hydrogens is 543 g/mol. The van der Waals surface area contributed by atoms with Crippen LogP contribution in [-0.2, 0) is 6.61 Å². The molecule has 0 aliphatic heterocycles. The maximum Gasteiger partial charge on any atom is 0.271 e. The number of benzene rings is 3. The molecule has 34 heavy (non-hydrogen) atoms. The van der Waals surface area contributed by atoms with Crippen LogP contribution in [0.2, 0.25) is 10.0 Å². The second-order valence-electron chi connectivity index (χ2n) is 6.93. The van der Waals surface area contributed by atoms with Crippen LogP contribution < -0.4 is 19.6 Å². The first-order valence-electron chi connectivity index (χ1n) is 10.5. The number of carbonyl (C=O) groups excluding carboxylic acids is 1. The molecule has 0 aliphatic rings. The standard InChI is InChI=1S/C25H23BrCl2N2O4/c1-3-32-23-9-6-16(12-24(23)33-4-2)25(31)30-29-14-18-11-19(26)7-10-22(18)34-15-17-5-8-20(27)13-21(17)28/h5-14H,3-4,15H2,1-2H3,(H,30,31)/b29-14+. The lowest BCUT2D eigenvalue weighted by Crippen LogP contribution is -2.18. The van der Waals surface area contributed by atoms with E-state index < -0.39 is 0 Å². The highest BCUT2D eigenvalue weighted by Crippen LogP contribution is 2.29. The summed E-state index contributed by atoms with van der Waals surface area (Å²) in [4.78, 5) is 12.6. The molecule has 3 aromatic carbocycles. The number of hydrazone groups is 1. The Balaban J connectivity index is 1.71. The van der Waals surface area contributed by atoms with Crippen molar-refractivity contribution in [2.45, 2.75) is 20.5 Å². The van der Waals surface area contributed by atoms with Gasteiger partial charge in [-0.2, -0.15) is 5.10 Å². The Labute approximate surface area is 216 Å². The van der Waals surface area contributed by atoms with Gasteiger partial charge in [0.2, 0.25) is 0 Å². The average molecular weight is 566 g/mol. The summed E-state index contributed by atoms with van der Waals surface area (Å²) in [6.45, 7) is 4.95. The predicted molar refractivity (Wildman–Crippen MR) is 139 cm³/mol. The fraction of sp³-hybridized carbons (Fsp3) is 0.200. The molecule has 0 saturated heterocycles. The highest BCUT2D eigenvalue weighted by molar-refractivity contribution is 9.10. The molecule has 0 saturated carbocycles. The maximum atomic E-state index is 12.6. The second-order valence-corrected chi connectivity index (χ2v) is 8.69. The number of hydrogen-bond donors (Lipinski definition) is 1. The van der Waals surface area contributed by atoms with Gasteiger partial charge in [-0.3, -0.25) is 4.79 Å². The Morgan fingerprint density at radius 3 is 2.41 bits per heavy atom. The third kappa shape index (κ3) is 7.13. The van der Waals surface area contributed by atoms with E-state index in [1.165, 1.54) is 6.21 Å². The normalized spacial score (nSPS) is 10.9. The SMILES string of the molecule is CCOc1ccc(C(=O)N/N=C/c2cc(Br)ccc2OCc2ccc(Cl)cc2Cl)cc1OCC. The first-order valence-corrected chi connectivity index (χ1v) is 12.1. The van der Waals surface area contributed by atoms with Crippen LogP contribution in [0.15, 0.2) is 64.2 Å². The highest BCUT2D eigenvalue weighted by atomic mass is 79.9. The number of nitrogens with zero attached hydrogens (tertiary/aromatic N) is 1. The van der Waals surface area contributed by atoms with E-state index in [1.807, 2.05) is 32.0 Å². The lowest BCUT2D eigenvalue weighted by atomic mass is 10.2. The van der Waals surface area contributed by atoms with Crippen molar-refractivity contribution in [3.63, 3.8) is 0 Å². The van der Waals surface area contributed by atoms with Gasteiger partial charge in [-0.15, -0.1) is 0 Å². The molecule has 0 bridgehead atoms. The lowest BCUT2D eigenvalue weighted by Gasteiger charge is -2.12. The average Bonchev–Trinajstić information content (AvgIpc) is 2.81. The molecule has 178 valence electrons. The minimum atomic E-state index is -0.384. The monoisotopic (exact) mass is 564 g/mol. The number of hydrogen-bond acceptors (Lipinski definition) is 5. The van der Waals surface area contributed by atoms with Crippen molar-refractivity contribution < 1.29 is 19.0 Å². The van der Waals surface area contributed by atoms with Gasteiger partial charge in [-0.1, -0.05) is 45.2 Å². The van der Waals surface area contributed by atoms with Crippen LogP contribution >= 0.6 is 39.1 Å². The number of halogens is 3. The largest absolute Gasteiger partial charge is 0.490 e. The summed E-state index contributed by atoms with van der Waals surface area (Å²) in [7, 11) is 0. The third-order valence-corrected chi connectivity index (χ3v) is 5.63. The summed E-state index contributed by atoms with van der Waals surface area (Å²) in [6, 6.07) is 15.7. The van der Waals surface area contributed by atoms with Gasteiger partial charge in [0, 0.05) is 31.2 Å². The number of carbonyl (C=O) groups is 1. The fourth-order valence-electron chi connectivity index (χ4n) is 2.96. The first kappa shape index (κ1) is 25.9. The van der Waals surface area contributed by atoms with Crippen molar-refractivity contribution in [1.82, 2.24) is 5.43 Å². The Kier molecular flexibility index (Phi) is 9.62. The minimum Gasteiger partial charge on any atom is -0.490 e. The molecule has 3 aromatic rings. The van der Waals surface area contributed by atoms with Crippen LogP contribution in [0.5, 0.6) is 17.2 Å². The molecule has 0 spiro atoms. The Hall–Kier alpha value is -2.74. The van der Waals surface area contributed by atoms with Crippen molar-refractivity contribution >= 4 is 51.3 Å². The summed E-state index contributed by atoms with van der Waals surface area (Å²) < 4.78 is 17.9. The van der Waals surface area contributed by atoms with Crippen molar-refractivity contribution in [2.24, 2.45) is 5.10 Å². The van der Waals surface area contributed by atoms with Gasteiger partial charge in [-0.05, 0) is 62.4 Å². The van der Waals surface area contributed by atoms with E-state index in [2.05, 4.69) is 26.5 Å². The van der Waals surface area contributed by atoms with Crippen LogP contribution in [-0.4, -0.2) is 25.3 Å². The highest BCUT2D eigenvalue weighted by Gasteiger charge is 2.11. The van der Waals surface area contributed by atoms with Crippen LogP contribution in [0, 0.1) is 0 Å². The van der Waals surface area contributed by atoms with E-state index in [9.17, 15) is 4.79 Å². The summed E-state index contributed by atoms with van der Waals surface area (Å²) in [6.07, 6.45) is 1.51. The first-order chi connectivity index (χ1) is 16.4. The van der Waals surface area contributed by atoms with Crippen molar-refractivity contribution in [1.29, 1.82) is 0 Å². The smallest absolute Gasteiger partial charge is 0.271 e. The summed E-state index contributed by atoms with van der Waals surface area (Å²) in [5, 5.41) is 5.18. The molecule has 0 aliphatic carbocycles.